The third kappa shape index (κ3) is 4.07. The minimum Gasteiger partial charge on any atom is -0.313 e. The zero-order chi connectivity index (χ0) is 15.5. The SMILES string of the molecule is CCCNCc1ccc(-n2ccc(C(F)(F)F)n2)cc1Br. The van der Waals surface area contributed by atoms with Crippen LogP contribution in [-0.2, 0) is 12.7 Å². The van der Waals surface area contributed by atoms with Crippen LogP contribution in [0.4, 0.5) is 13.2 Å². The summed E-state index contributed by atoms with van der Waals surface area (Å²) in [4.78, 5) is 0. The minimum absolute atomic E-state index is 0.580. The summed E-state index contributed by atoms with van der Waals surface area (Å²) in [5.41, 5.74) is 0.735. The molecular formula is C14H15BrF3N3. The predicted molar refractivity (Wildman–Crippen MR) is 78.3 cm³/mol. The zero-order valence-electron chi connectivity index (χ0n) is 11.4. The van der Waals surface area contributed by atoms with Gasteiger partial charge in [0, 0.05) is 17.2 Å². The van der Waals surface area contributed by atoms with Gasteiger partial charge in [-0.05, 0) is 36.7 Å². The lowest BCUT2D eigenvalue weighted by Crippen LogP contribution is -2.14. The first kappa shape index (κ1) is 16.0. The molecule has 0 radical (unpaired) electrons. The number of hydrogen-bond acceptors (Lipinski definition) is 2. The Balaban J connectivity index is 2.18. The third-order valence-electron chi connectivity index (χ3n) is 2.92. The Hall–Kier alpha value is -1.34. The van der Waals surface area contributed by atoms with Gasteiger partial charge in [-0.2, -0.15) is 18.3 Å². The fourth-order valence-electron chi connectivity index (χ4n) is 1.84. The molecule has 1 aromatic heterocycles. The van der Waals surface area contributed by atoms with Crippen molar-refractivity contribution in [2.45, 2.75) is 26.1 Å². The van der Waals surface area contributed by atoms with E-state index in [9.17, 15) is 13.2 Å². The molecule has 0 atom stereocenters. The Morgan fingerprint density at radius 2 is 2.05 bits per heavy atom. The Morgan fingerprint density at radius 1 is 1.29 bits per heavy atom. The maximum Gasteiger partial charge on any atom is 0.435 e. The molecular weight excluding hydrogens is 347 g/mol. The van der Waals surface area contributed by atoms with Crippen LogP contribution in [0.5, 0.6) is 0 Å². The number of nitrogens with zero attached hydrogens (tertiary/aromatic N) is 2. The van der Waals surface area contributed by atoms with Gasteiger partial charge in [0.15, 0.2) is 5.69 Å². The topological polar surface area (TPSA) is 29.9 Å². The summed E-state index contributed by atoms with van der Waals surface area (Å²) in [5, 5.41) is 6.83. The van der Waals surface area contributed by atoms with E-state index in [2.05, 4.69) is 33.3 Å². The van der Waals surface area contributed by atoms with Crippen molar-refractivity contribution in [1.29, 1.82) is 0 Å². The van der Waals surface area contributed by atoms with E-state index in [1.54, 1.807) is 12.1 Å². The molecule has 3 nitrogen and oxygen atoms in total. The highest BCUT2D eigenvalue weighted by atomic mass is 79.9. The van der Waals surface area contributed by atoms with Crippen molar-refractivity contribution in [3.63, 3.8) is 0 Å². The van der Waals surface area contributed by atoms with Gasteiger partial charge >= 0.3 is 6.18 Å². The number of nitrogens with one attached hydrogen (secondary N) is 1. The molecule has 0 saturated heterocycles. The van der Waals surface area contributed by atoms with Gasteiger partial charge in [-0.3, -0.25) is 0 Å². The van der Waals surface area contributed by atoms with Crippen molar-refractivity contribution in [3.8, 4) is 5.69 Å². The molecule has 1 heterocycles. The van der Waals surface area contributed by atoms with Gasteiger partial charge in [-0.25, -0.2) is 4.68 Å². The Kier molecular flexibility index (Phi) is 5.05. The molecule has 0 unspecified atom stereocenters. The highest BCUT2D eigenvalue weighted by Crippen LogP contribution is 2.28. The van der Waals surface area contributed by atoms with E-state index < -0.39 is 11.9 Å². The molecule has 1 N–H and O–H groups in total. The predicted octanol–water partition coefficient (Wildman–Crippen LogP) is 4.15. The zero-order valence-corrected chi connectivity index (χ0v) is 13.0. The molecule has 1 aromatic carbocycles. The molecule has 0 saturated carbocycles. The average Bonchev–Trinajstić information content (AvgIpc) is 2.90. The smallest absolute Gasteiger partial charge is 0.313 e. The third-order valence-corrected chi connectivity index (χ3v) is 3.66. The monoisotopic (exact) mass is 361 g/mol. The quantitative estimate of drug-likeness (QED) is 0.810. The van der Waals surface area contributed by atoms with Gasteiger partial charge in [0.2, 0.25) is 0 Å². The highest BCUT2D eigenvalue weighted by molar-refractivity contribution is 9.10. The van der Waals surface area contributed by atoms with Crippen molar-refractivity contribution in [3.05, 3.63) is 46.2 Å². The van der Waals surface area contributed by atoms with Crippen LogP contribution in [0, 0.1) is 0 Å². The first-order chi connectivity index (χ1) is 9.91. The summed E-state index contributed by atoms with van der Waals surface area (Å²) in [6, 6.07) is 6.35. The van der Waals surface area contributed by atoms with Crippen LogP contribution in [0.1, 0.15) is 24.6 Å². The fraction of sp³-hybridized carbons (Fsp3) is 0.357. The van der Waals surface area contributed by atoms with E-state index in [0.29, 0.717) is 12.2 Å². The summed E-state index contributed by atoms with van der Waals surface area (Å²) in [7, 11) is 0. The largest absolute Gasteiger partial charge is 0.435 e. The van der Waals surface area contributed by atoms with E-state index in [4.69, 9.17) is 0 Å². The number of benzene rings is 1. The van der Waals surface area contributed by atoms with Crippen LogP contribution in [0.3, 0.4) is 0 Å². The molecule has 0 fully saturated rings. The normalized spacial score (nSPS) is 11.9. The molecule has 0 aliphatic carbocycles. The van der Waals surface area contributed by atoms with Gasteiger partial charge in [0.1, 0.15) is 0 Å². The molecule has 7 heteroatoms. The van der Waals surface area contributed by atoms with Gasteiger partial charge in [0.25, 0.3) is 0 Å². The first-order valence-corrected chi connectivity index (χ1v) is 7.33. The maximum atomic E-state index is 12.5. The standard InChI is InChI=1S/C14H15BrF3N3/c1-2-6-19-9-10-3-4-11(8-12(10)15)21-7-5-13(20-21)14(16,17)18/h3-5,7-8,19H,2,6,9H2,1H3. The molecule has 114 valence electrons. The first-order valence-electron chi connectivity index (χ1n) is 6.54. The Labute approximate surface area is 129 Å². The van der Waals surface area contributed by atoms with E-state index >= 15 is 0 Å². The Morgan fingerprint density at radius 3 is 2.62 bits per heavy atom. The maximum absolute atomic E-state index is 12.5. The van der Waals surface area contributed by atoms with E-state index in [1.807, 2.05) is 6.07 Å². The second-order valence-corrected chi connectivity index (χ2v) is 5.45. The lowest BCUT2D eigenvalue weighted by molar-refractivity contribution is -0.141. The summed E-state index contributed by atoms with van der Waals surface area (Å²) in [6.07, 6.45) is -2.07. The van der Waals surface area contributed by atoms with Crippen LogP contribution in [0.15, 0.2) is 34.9 Å². The highest BCUT2D eigenvalue weighted by Gasteiger charge is 2.33. The van der Waals surface area contributed by atoms with E-state index in [-0.39, 0.29) is 0 Å². The molecule has 0 aliphatic heterocycles. The van der Waals surface area contributed by atoms with Gasteiger partial charge in [-0.15, -0.1) is 0 Å². The summed E-state index contributed by atoms with van der Waals surface area (Å²) in [5.74, 6) is 0. The van der Waals surface area contributed by atoms with Crippen LogP contribution >= 0.6 is 15.9 Å². The van der Waals surface area contributed by atoms with Crippen LogP contribution in [0.25, 0.3) is 5.69 Å². The average molecular weight is 362 g/mol. The van der Waals surface area contributed by atoms with Crippen LogP contribution < -0.4 is 5.32 Å². The molecule has 0 aliphatic rings. The van der Waals surface area contributed by atoms with Crippen molar-refractivity contribution in [2.24, 2.45) is 0 Å². The number of aromatic nitrogens is 2. The summed E-state index contributed by atoms with van der Waals surface area (Å²) in [6.45, 7) is 3.71. The minimum atomic E-state index is -4.42. The lowest BCUT2D eigenvalue weighted by Gasteiger charge is -2.09. The van der Waals surface area contributed by atoms with Crippen molar-refractivity contribution < 1.29 is 13.2 Å². The summed E-state index contributed by atoms with van der Waals surface area (Å²) < 4.78 is 39.7. The van der Waals surface area contributed by atoms with Crippen molar-refractivity contribution >= 4 is 15.9 Å². The fourth-order valence-corrected chi connectivity index (χ4v) is 2.35. The molecule has 21 heavy (non-hydrogen) atoms. The number of hydrogen-bond donors (Lipinski definition) is 1. The number of halogens is 4. The van der Waals surface area contributed by atoms with Crippen molar-refractivity contribution in [2.75, 3.05) is 6.54 Å². The van der Waals surface area contributed by atoms with Crippen LogP contribution in [-0.4, -0.2) is 16.3 Å². The molecule has 0 bridgehead atoms. The molecule has 0 spiro atoms. The van der Waals surface area contributed by atoms with Gasteiger partial charge < -0.3 is 5.32 Å². The molecule has 2 aromatic rings. The lowest BCUT2D eigenvalue weighted by atomic mass is 10.2. The van der Waals surface area contributed by atoms with E-state index in [0.717, 1.165) is 29.1 Å². The van der Waals surface area contributed by atoms with E-state index in [1.165, 1.54) is 10.9 Å². The van der Waals surface area contributed by atoms with Gasteiger partial charge in [-0.1, -0.05) is 28.9 Å². The van der Waals surface area contributed by atoms with Crippen molar-refractivity contribution in [1.82, 2.24) is 15.1 Å². The number of alkyl halides is 3. The Bertz CT molecular complexity index is 608. The van der Waals surface area contributed by atoms with Crippen LogP contribution in [0.2, 0.25) is 0 Å². The second-order valence-electron chi connectivity index (χ2n) is 4.60. The molecule has 0 amide bonds. The van der Waals surface area contributed by atoms with Gasteiger partial charge in [0.05, 0.1) is 5.69 Å². The summed E-state index contributed by atoms with van der Waals surface area (Å²) >= 11 is 3.44. The second kappa shape index (κ2) is 6.62. The molecule has 2 rings (SSSR count). The number of rotatable bonds is 5.